The van der Waals surface area contributed by atoms with Crippen molar-refractivity contribution < 1.29 is 19.1 Å². The van der Waals surface area contributed by atoms with Crippen LogP contribution in [0.4, 0.5) is 0 Å². The lowest BCUT2D eigenvalue weighted by molar-refractivity contribution is -0.156. The molecule has 2 aliphatic rings. The minimum Gasteiger partial charge on any atom is -0.462 e. The maximum Gasteiger partial charge on any atom is 0.309 e. The van der Waals surface area contributed by atoms with E-state index in [4.69, 9.17) is 9.47 Å². The molecule has 1 aromatic carbocycles. The zero-order valence-corrected chi connectivity index (χ0v) is 18.4. The van der Waals surface area contributed by atoms with E-state index >= 15 is 0 Å². The van der Waals surface area contributed by atoms with E-state index in [1.165, 1.54) is 6.92 Å². The third kappa shape index (κ3) is 4.16. The number of esters is 2. The number of cyclic esters (lactones) is 1. The minimum absolute atomic E-state index is 0.0142. The van der Waals surface area contributed by atoms with Crippen molar-refractivity contribution in [3.05, 3.63) is 59.9 Å². The van der Waals surface area contributed by atoms with Gasteiger partial charge in [0.05, 0.1) is 23.2 Å². The van der Waals surface area contributed by atoms with Gasteiger partial charge in [-0.3, -0.25) is 14.6 Å². The minimum atomic E-state index is -0.336. The summed E-state index contributed by atoms with van der Waals surface area (Å²) in [4.78, 5) is 28.5. The molecule has 0 unspecified atom stereocenters. The summed E-state index contributed by atoms with van der Waals surface area (Å²) in [5.74, 6) is -0.697. The fourth-order valence-electron chi connectivity index (χ4n) is 5.11. The number of ether oxygens (including phenoxy) is 2. The van der Waals surface area contributed by atoms with Crippen LogP contribution in [0.25, 0.3) is 17.2 Å². The van der Waals surface area contributed by atoms with Gasteiger partial charge in [0.25, 0.3) is 0 Å². The highest BCUT2D eigenvalue weighted by molar-refractivity contribution is 5.76. The Labute approximate surface area is 187 Å². The van der Waals surface area contributed by atoms with Gasteiger partial charge >= 0.3 is 11.9 Å². The molecule has 2 fully saturated rings. The lowest BCUT2D eigenvalue weighted by atomic mass is 9.65. The molecule has 6 nitrogen and oxygen atoms in total. The first-order chi connectivity index (χ1) is 15.4. The van der Waals surface area contributed by atoms with E-state index in [0.717, 1.165) is 16.8 Å². The number of hydrogen-bond donors (Lipinski definition) is 0. The molecule has 4 rings (SSSR count). The van der Waals surface area contributed by atoms with Gasteiger partial charge in [0, 0.05) is 30.2 Å². The largest absolute Gasteiger partial charge is 0.462 e. The molecular weight excluding hydrogens is 404 g/mol. The average Bonchev–Trinajstić information content (AvgIpc) is 3.06. The highest BCUT2D eigenvalue weighted by Gasteiger charge is 2.53. The maximum atomic E-state index is 12.4. The predicted octanol–water partition coefficient (Wildman–Crippen LogP) is 4.40. The molecule has 1 saturated carbocycles. The van der Waals surface area contributed by atoms with Crippen LogP contribution in [0.3, 0.4) is 0 Å². The molecule has 32 heavy (non-hydrogen) atoms. The summed E-state index contributed by atoms with van der Waals surface area (Å²) in [6.45, 7) is 5.39. The van der Waals surface area contributed by atoms with E-state index in [1.54, 1.807) is 12.3 Å². The molecule has 0 spiro atoms. The van der Waals surface area contributed by atoms with Crippen molar-refractivity contribution >= 4 is 18.0 Å². The van der Waals surface area contributed by atoms with Crippen molar-refractivity contribution in [2.45, 2.75) is 39.4 Å². The monoisotopic (exact) mass is 430 g/mol. The van der Waals surface area contributed by atoms with Gasteiger partial charge in [-0.2, -0.15) is 5.26 Å². The number of rotatable bonds is 4. The Morgan fingerprint density at radius 3 is 2.72 bits per heavy atom. The number of carbonyl (C=O) groups is 2. The standard InChI is InChI=1S/C26H26N2O4/c1-15-21(25-16(2)31-26(30)23(25)12-24(15)32-17(3)29)11-10-20-9-8-19(14-28-20)22-7-5-4-6-18(22)13-27/h4-11,14-16,21,23-25H,12H2,1-3H3/t15-,16+,21-,23+,24+,25-/m0/s1. The summed E-state index contributed by atoms with van der Waals surface area (Å²) >= 11 is 0. The number of carbonyl (C=O) groups excluding carboxylic acids is 2. The number of nitrogens with zero attached hydrogens (tertiary/aromatic N) is 2. The molecule has 6 heteroatoms. The second kappa shape index (κ2) is 8.96. The zero-order chi connectivity index (χ0) is 22.8. The van der Waals surface area contributed by atoms with Crippen LogP contribution in [0.15, 0.2) is 48.7 Å². The third-order valence-corrected chi connectivity index (χ3v) is 6.69. The maximum absolute atomic E-state index is 12.4. The summed E-state index contributed by atoms with van der Waals surface area (Å²) in [7, 11) is 0. The molecule has 164 valence electrons. The SMILES string of the molecule is CC(=O)O[C@@H]1C[C@H]2C(=O)O[C@H](C)[C@H]2[C@@H](C=Cc2ccc(-c3ccccc3C#N)cn2)[C@@H]1C. The van der Waals surface area contributed by atoms with Crippen molar-refractivity contribution in [1.82, 2.24) is 4.98 Å². The molecule has 6 atom stereocenters. The average molecular weight is 431 g/mol. The Balaban J connectivity index is 1.58. The first-order valence-corrected chi connectivity index (χ1v) is 10.9. The molecule has 1 saturated heterocycles. The zero-order valence-electron chi connectivity index (χ0n) is 18.4. The van der Waals surface area contributed by atoms with Crippen molar-refractivity contribution in [3.63, 3.8) is 0 Å². The van der Waals surface area contributed by atoms with Gasteiger partial charge in [-0.05, 0) is 43.4 Å². The number of hydrogen-bond acceptors (Lipinski definition) is 6. The van der Waals surface area contributed by atoms with Crippen molar-refractivity contribution in [2.75, 3.05) is 0 Å². The fraction of sp³-hybridized carbons (Fsp3) is 0.385. The molecule has 0 amide bonds. The van der Waals surface area contributed by atoms with E-state index < -0.39 is 0 Å². The van der Waals surface area contributed by atoms with Crippen molar-refractivity contribution in [1.29, 1.82) is 5.26 Å². The van der Waals surface area contributed by atoms with Crippen LogP contribution in [0.5, 0.6) is 0 Å². The van der Waals surface area contributed by atoms with E-state index in [1.807, 2.05) is 43.3 Å². The number of fused-ring (bicyclic) bond motifs is 1. The highest BCUT2D eigenvalue weighted by atomic mass is 16.6. The summed E-state index contributed by atoms with van der Waals surface area (Å²) in [5, 5.41) is 9.33. The smallest absolute Gasteiger partial charge is 0.309 e. The van der Waals surface area contributed by atoms with Gasteiger partial charge in [0.2, 0.25) is 0 Å². The van der Waals surface area contributed by atoms with Gasteiger partial charge in [0.1, 0.15) is 12.2 Å². The normalized spacial score (nSPS) is 29.2. The molecule has 0 N–H and O–H groups in total. The number of benzene rings is 1. The van der Waals surface area contributed by atoms with Gasteiger partial charge in [-0.15, -0.1) is 0 Å². The molecule has 0 radical (unpaired) electrons. The Morgan fingerprint density at radius 2 is 2.03 bits per heavy atom. The summed E-state index contributed by atoms with van der Waals surface area (Å²) in [5.41, 5.74) is 3.11. The summed E-state index contributed by atoms with van der Waals surface area (Å²) in [6.07, 6.45) is 5.78. The molecule has 0 bridgehead atoms. The fourth-order valence-corrected chi connectivity index (χ4v) is 5.11. The molecule has 1 aromatic heterocycles. The van der Waals surface area contributed by atoms with Gasteiger partial charge in [0.15, 0.2) is 0 Å². The molecule has 2 heterocycles. The van der Waals surface area contributed by atoms with Crippen LogP contribution in [0, 0.1) is 35.0 Å². The number of allylic oxidation sites excluding steroid dienone is 1. The third-order valence-electron chi connectivity index (χ3n) is 6.69. The number of aromatic nitrogens is 1. The van der Waals surface area contributed by atoms with Crippen LogP contribution in [0.2, 0.25) is 0 Å². The molecule has 1 aliphatic carbocycles. The quantitative estimate of drug-likeness (QED) is 0.668. The van der Waals surface area contributed by atoms with Crippen LogP contribution in [-0.4, -0.2) is 29.1 Å². The molecular formula is C26H26N2O4. The Morgan fingerprint density at radius 1 is 1.25 bits per heavy atom. The van der Waals surface area contributed by atoms with E-state index in [0.29, 0.717) is 12.0 Å². The van der Waals surface area contributed by atoms with E-state index in [2.05, 4.69) is 24.1 Å². The topological polar surface area (TPSA) is 89.3 Å². The molecule has 2 aromatic rings. The van der Waals surface area contributed by atoms with Crippen LogP contribution in [-0.2, 0) is 19.1 Å². The van der Waals surface area contributed by atoms with E-state index in [9.17, 15) is 14.9 Å². The highest BCUT2D eigenvalue weighted by Crippen LogP contribution is 2.47. The Kier molecular flexibility index (Phi) is 6.09. The number of nitriles is 1. The van der Waals surface area contributed by atoms with E-state index in [-0.39, 0.29) is 47.8 Å². The van der Waals surface area contributed by atoms with Gasteiger partial charge in [-0.1, -0.05) is 37.3 Å². The summed E-state index contributed by atoms with van der Waals surface area (Å²) in [6, 6.07) is 13.5. The lowest BCUT2D eigenvalue weighted by Gasteiger charge is -2.40. The first-order valence-electron chi connectivity index (χ1n) is 10.9. The van der Waals surface area contributed by atoms with Crippen LogP contribution < -0.4 is 0 Å². The van der Waals surface area contributed by atoms with Crippen molar-refractivity contribution in [3.8, 4) is 17.2 Å². The first kappa shape index (κ1) is 21.8. The number of pyridine rings is 1. The Hall–Kier alpha value is -3.46. The second-order valence-corrected chi connectivity index (χ2v) is 8.63. The van der Waals surface area contributed by atoms with Gasteiger partial charge < -0.3 is 9.47 Å². The Bertz CT molecular complexity index is 1090. The van der Waals surface area contributed by atoms with Gasteiger partial charge in [-0.25, -0.2) is 0 Å². The predicted molar refractivity (Wildman–Crippen MR) is 119 cm³/mol. The van der Waals surface area contributed by atoms with Crippen molar-refractivity contribution in [2.24, 2.45) is 23.7 Å². The van der Waals surface area contributed by atoms with Crippen LogP contribution in [0.1, 0.15) is 38.4 Å². The summed E-state index contributed by atoms with van der Waals surface area (Å²) < 4.78 is 11.1. The van der Waals surface area contributed by atoms with Crippen LogP contribution >= 0.6 is 0 Å². The lowest BCUT2D eigenvalue weighted by Crippen LogP contribution is -2.44. The molecule has 1 aliphatic heterocycles. The second-order valence-electron chi connectivity index (χ2n) is 8.63.